The highest BCUT2D eigenvalue weighted by molar-refractivity contribution is 5.17. The van der Waals surface area contributed by atoms with Crippen LogP contribution in [0.15, 0.2) is 36.9 Å². The molecule has 0 aliphatic carbocycles. The van der Waals surface area contributed by atoms with Crippen molar-refractivity contribution in [3.63, 3.8) is 0 Å². The maximum absolute atomic E-state index is 4.25. The highest BCUT2D eigenvalue weighted by Crippen LogP contribution is 2.27. The number of hydrogen-bond acceptors (Lipinski definition) is 4. The maximum atomic E-state index is 4.25. The molecule has 5 heteroatoms. The van der Waals surface area contributed by atoms with Gasteiger partial charge < -0.3 is 5.32 Å². The molecule has 1 N–H and O–H groups in total. The van der Waals surface area contributed by atoms with Gasteiger partial charge in [0, 0.05) is 31.4 Å². The van der Waals surface area contributed by atoms with Crippen LogP contribution in [0.25, 0.3) is 0 Å². The van der Waals surface area contributed by atoms with E-state index in [1.54, 1.807) is 17.2 Å². The molecular weight excluding hydrogens is 202 g/mol. The van der Waals surface area contributed by atoms with Gasteiger partial charge in [0.15, 0.2) is 0 Å². The fourth-order valence-electron chi connectivity index (χ4n) is 2.06. The van der Waals surface area contributed by atoms with Gasteiger partial charge in [0.2, 0.25) is 0 Å². The van der Waals surface area contributed by atoms with E-state index >= 15 is 0 Å². The Morgan fingerprint density at radius 1 is 1.12 bits per heavy atom. The first-order valence-corrected chi connectivity index (χ1v) is 5.41. The highest BCUT2D eigenvalue weighted by atomic mass is 15.5. The van der Waals surface area contributed by atoms with Crippen LogP contribution in [0.5, 0.6) is 0 Å². The minimum atomic E-state index is 0.222. The van der Waals surface area contributed by atoms with Gasteiger partial charge in [-0.1, -0.05) is 0 Å². The number of aromatic nitrogens is 4. The third kappa shape index (κ3) is 1.59. The first-order valence-electron chi connectivity index (χ1n) is 5.41. The zero-order valence-corrected chi connectivity index (χ0v) is 8.82. The van der Waals surface area contributed by atoms with Crippen molar-refractivity contribution in [1.29, 1.82) is 0 Å². The Labute approximate surface area is 93.5 Å². The molecule has 0 saturated carbocycles. The van der Waals surface area contributed by atoms with Crippen LogP contribution in [0.1, 0.15) is 11.6 Å². The Morgan fingerprint density at radius 2 is 1.81 bits per heavy atom. The molecule has 1 aliphatic heterocycles. The molecule has 0 aromatic carbocycles. The third-order valence-electron chi connectivity index (χ3n) is 2.99. The molecule has 3 heterocycles. The molecule has 1 aliphatic rings. The summed E-state index contributed by atoms with van der Waals surface area (Å²) in [7, 11) is 0. The molecule has 2 aromatic rings. The van der Waals surface area contributed by atoms with Gasteiger partial charge in [-0.15, -0.1) is 0 Å². The van der Waals surface area contributed by atoms with Crippen LogP contribution >= 0.6 is 0 Å². The molecule has 5 nitrogen and oxygen atoms in total. The van der Waals surface area contributed by atoms with Crippen molar-refractivity contribution in [2.45, 2.75) is 6.04 Å². The molecule has 2 aromatic heterocycles. The summed E-state index contributed by atoms with van der Waals surface area (Å²) in [5.74, 6) is 0.565. The van der Waals surface area contributed by atoms with E-state index in [9.17, 15) is 0 Å². The summed E-state index contributed by atoms with van der Waals surface area (Å²) in [4.78, 5) is 5.84. The largest absolute Gasteiger partial charge is 0.316 e. The summed E-state index contributed by atoms with van der Waals surface area (Å²) in [6, 6.07) is 4.29. The highest BCUT2D eigenvalue weighted by Gasteiger charge is 2.30. The quantitative estimate of drug-likeness (QED) is 0.809. The predicted molar refractivity (Wildman–Crippen MR) is 58.8 cm³/mol. The van der Waals surface area contributed by atoms with Gasteiger partial charge >= 0.3 is 0 Å². The van der Waals surface area contributed by atoms with E-state index in [1.165, 1.54) is 5.56 Å². The first-order chi connectivity index (χ1) is 7.95. The summed E-state index contributed by atoms with van der Waals surface area (Å²) >= 11 is 0. The van der Waals surface area contributed by atoms with E-state index < -0.39 is 0 Å². The van der Waals surface area contributed by atoms with Crippen molar-refractivity contribution in [3.05, 3.63) is 42.5 Å². The molecule has 0 radical (unpaired) electrons. The fourth-order valence-corrected chi connectivity index (χ4v) is 2.06. The van der Waals surface area contributed by atoms with Crippen molar-refractivity contribution in [3.8, 4) is 0 Å². The van der Waals surface area contributed by atoms with Crippen molar-refractivity contribution < 1.29 is 0 Å². The molecule has 1 unspecified atom stereocenters. The first kappa shape index (κ1) is 9.47. The summed E-state index contributed by atoms with van der Waals surface area (Å²) in [5, 5.41) is 11.8. The van der Waals surface area contributed by atoms with Gasteiger partial charge in [0.25, 0.3) is 0 Å². The van der Waals surface area contributed by atoms with Crippen molar-refractivity contribution in [2.24, 2.45) is 5.92 Å². The SMILES string of the molecule is c1cc(C(C2CNC2)n2nccn2)ccn1. The molecule has 0 amide bonds. The van der Waals surface area contributed by atoms with E-state index in [1.807, 2.05) is 24.5 Å². The normalized spacial score (nSPS) is 18.0. The maximum Gasteiger partial charge on any atom is 0.102 e. The standard InChI is InChI=1S/C11H13N5/c1-3-12-4-2-9(1)11(10-7-13-8-10)16-14-5-6-15-16/h1-6,10-11,13H,7-8H2. The molecule has 0 spiro atoms. The molecule has 1 fully saturated rings. The second-order valence-corrected chi connectivity index (χ2v) is 3.99. The van der Waals surface area contributed by atoms with Gasteiger partial charge in [-0.3, -0.25) is 4.98 Å². The van der Waals surface area contributed by atoms with Gasteiger partial charge in [0.05, 0.1) is 12.4 Å². The summed E-state index contributed by atoms with van der Waals surface area (Å²) in [6.45, 7) is 2.04. The van der Waals surface area contributed by atoms with Gasteiger partial charge in [-0.25, -0.2) is 0 Å². The average Bonchev–Trinajstić information content (AvgIpc) is 2.77. The number of pyridine rings is 1. The Morgan fingerprint density at radius 3 is 2.38 bits per heavy atom. The Balaban J connectivity index is 1.96. The number of rotatable bonds is 3. The molecule has 16 heavy (non-hydrogen) atoms. The predicted octanol–water partition coefficient (Wildman–Crippen LogP) is 0.482. The van der Waals surface area contributed by atoms with E-state index in [2.05, 4.69) is 20.5 Å². The smallest absolute Gasteiger partial charge is 0.102 e. The molecule has 1 atom stereocenters. The summed E-state index contributed by atoms with van der Waals surface area (Å²) in [5.41, 5.74) is 1.22. The van der Waals surface area contributed by atoms with E-state index in [-0.39, 0.29) is 6.04 Å². The van der Waals surface area contributed by atoms with Crippen LogP contribution in [-0.4, -0.2) is 33.1 Å². The topological polar surface area (TPSA) is 55.6 Å². The van der Waals surface area contributed by atoms with Crippen molar-refractivity contribution >= 4 is 0 Å². The lowest BCUT2D eigenvalue weighted by atomic mass is 9.89. The van der Waals surface area contributed by atoms with Gasteiger partial charge in [0.1, 0.15) is 6.04 Å². The van der Waals surface area contributed by atoms with E-state index in [4.69, 9.17) is 0 Å². The summed E-state index contributed by atoms with van der Waals surface area (Å²) < 4.78 is 0. The Bertz CT molecular complexity index is 435. The minimum absolute atomic E-state index is 0.222. The van der Waals surface area contributed by atoms with Gasteiger partial charge in [-0.2, -0.15) is 15.0 Å². The van der Waals surface area contributed by atoms with Crippen molar-refractivity contribution in [1.82, 2.24) is 25.3 Å². The van der Waals surface area contributed by atoms with Crippen LogP contribution in [0.2, 0.25) is 0 Å². The number of nitrogens with one attached hydrogen (secondary N) is 1. The zero-order chi connectivity index (χ0) is 10.8. The molecule has 82 valence electrons. The lowest BCUT2D eigenvalue weighted by molar-refractivity contribution is 0.236. The molecule has 1 saturated heterocycles. The van der Waals surface area contributed by atoms with Crippen LogP contribution in [-0.2, 0) is 0 Å². The fraction of sp³-hybridized carbons (Fsp3) is 0.364. The third-order valence-corrected chi connectivity index (χ3v) is 2.99. The van der Waals surface area contributed by atoms with Crippen LogP contribution in [0.4, 0.5) is 0 Å². The summed E-state index contributed by atoms with van der Waals surface area (Å²) in [6.07, 6.45) is 7.08. The van der Waals surface area contributed by atoms with E-state index in [0.717, 1.165) is 13.1 Å². The second kappa shape index (κ2) is 4.02. The lowest BCUT2D eigenvalue weighted by Crippen LogP contribution is -2.47. The number of hydrogen-bond donors (Lipinski definition) is 1. The average molecular weight is 215 g/mol. The Hall–Kier alpha value is -1.75. The zero-order valence-electron chi connectivity index (χ0n) is 8.82. The van der Waals surface area contributed by atoms with Crippen molar-refractivity contribution in [2.75, 3.05) is 13.1 Å². The van der Waals surface area contributed by atoms with Crippen LogP contribution < -0.4 is 5.32 Å². The lowest BCUT2D eigenvalue weighted by Gasteiger charge is -2.34. The minimum Gasteiger partial charge on any atom is -0.316 e. The number of nitrogens with zero attached hydrogens (tertiary/aromatic N) is 4. The molecule has 3 rings (SSSR count). The molecule has 0 bridgehead atoms. The molecular formula is C11H13N5. The second-order valence-electron chi connectivity index (χ2n) is 3.99. The van der Waals surface area contributed by atoms with Crippen LogP contribution in [0, 0.1) is 5.92 Å². The monoisotopic (exact) mass is 215 g/mol. The van der Waals surface area contributed by atoms with Gasteiger partial charge in [-0.05, 0) is 17.7 Å². The Kier molecular flexibility index (Phi) is 2.38. The van der Waals surface area contributed by atoms with Crippen LogP contribution in [0.3, 0.4) is 0 Å². The van der Waals surface area contributed by atoms with E-state index in [0.29, 0.717) is 5.92 Å².